The third kappa shape index (κ3) is 3.08. The summed E-state index contributed by atoms with van der Waals surface area (Å²) in [5.41, 5.74) is 2.76. The van der Waals surface area contributed by atoms with Crippen LogP contribution in [0.3, 0.4) is 0 Å². The molecule has 20 heavy (non-hydrogen) atoms. The van der Waals surface area contributed by atoms with Crippen LogP contribution in [0.5, 0.6) is 11.5 Å². The topological polar surface area (TPSA) is 52.4 Å². The Balaban J connectivity index is 2.29. The number of benzene rings is 2. The van der Waals surface area contributed by atoms with E-state index in [1.807, 2.05) is 32.0 Å². The number of nitro benzene ring substituents is 1. The highest BCUT2D eigenvalue weighted by Gasteiger charge is 2.14. The van der Waals surface area contributed by atoms with Crippen LogP contribution in [0, 0.1) is 24.0 Å². The van der Waals surface area contributed by atoms with Gasteiger partial charge in [-0.05, 0) is 49.2 Å². The van der Waals surface area contributed by atoms with E-state index in [0.717, 1.165) is 5.56 Å². The van der Waals surface area contributed by atoms with E-state index < -0.39 is 4.92 Å². The highest BCUT2D eigenvalue weighted by atomic mass is 35.5. The van der Waals surface area contributed by atoms with Gasteiger partial charge in [0.25, 0.3) is 5.69 Å². The van der Waals surface area contributed by atoms with E-state index >= 15 is 0 Å². The van der Waals surface area contributed by atoms with Crippen molar-refractivity contribution < 1.29 is 9.66 Å². The van der Waals surface area contributed by atoms with Gasteiger partial charge in [-0.2, -0.15) is 0 Å². The zero-order valence-corrected chi connectivity index (χ0v) is 12.0. The number of halogens is 1. The summed E-state index contributed by atoms with van der Waals surface area (Å²) < 4.78 is 5.71. The lowest BCUT2D eigenvalue weighted by atomic mass is 10.1. The second kappa shape index (κ2) is 5.92. The van der Waals surface area contributed by atoms with E-state index in [-0.39, 0.29) is 11.6 Å². The number of aryl methyl sites for hydroxylation is 2. The fourth-order valence-corrected chi connectivity index (χ4v) is 2.04. The minimum absolute atomic E-state index is 0.00689. The van der Waals surface area contributed by atoms with Crippen LogP contribution in [-0.2, 0) is 5.88 Å². The van der Waals surface area contributed by atoms with Crippen LogP contribution >= 0.6 is 11.6 Å². The zero-order chi connectivity index (χ0) is 14.7. The van der Waals surface area contributed by atoms with Gasteiger partial charge in [0, 0.05) is 11.6 Å². The molecule has 0 N–H and O–H groups in total. The van der Waals surface area contributed by atoms with Gasteiger partial charge in [0.15, 0.2) is 0 Å². The first-order valence-electron chi connectivity index (χ1n) is 6.09. The molecule has 4 nitrogen and oxygen atoms in total. The van der Waals surface area contributed by atoms with Gasteiger partial charge in [0.1, 0.15) is 11.5 Å². The lowest BCUT2D eigenvalue weighted by Crippen LogP contribution is -1.94. The summed E-state index contributed by atoms with van der Waals surface area (Å²) in [6, 6.07) is 10.3. The average molecular weight is 292 g/mol. The lowest BCUT2D eigenvalue weighted by Gasteiger charge is -2.09. The van der Waals surface area contributed by atoms with Gasteiger partial charge in [-0.25, -0.2) is 0 Å². The van der Waals surface area contributed by atoms with Gasteiger partial charge in [-0.1, -0.05) is 6.07 Å². The van der Waals surface area contributed by atoms with Gasteiger partial charge in [-0.15, -0.1) is 11.6 Å². The molecule has 0 spiro atoms. The van der Waals surface area contributed by atoms with E-state index in [1.165, 1.54) is 11.6 Å². The van der Waals surface area contributed by atoms with Crippen LogP contribution in [0.15, 0.2) is 36.4 Å². The molecule has 0 saturated carbocycles. The maximum atomic E-state index is 10.8. The van der Waals surface area contributed by atoms with E-state index in [1.54, 1.807) is 12.1 Å². The molecule has 5 heteroatoms. The van der Waals surface area contributed by atoms with Crippen LogP contribution in [0.2, 0.25) is 0 Å². The molecule has 0 atom stereocenters. The first-order chi connectivity index (χ1) is 9.51. The summed E-state index contributed by atoms with van der Waals surface area (Å²) in [6.45, 7) is 4.03. The van der Waals surface area contributed by atoms with Gasteiger partial charge < -0.3 is 4.74 Å². The number of rotatable bonds is 4. The van der Waals surface area contributed by atoms with Crippen LogP contribution in [0.4, 0.5) is 5.69 Å². The summed E-state index contributed by atoms with van der Waals surface area (Å²) in [6.07, 6.45) is 0. The Morgan fingerprint density at radius 3 is 2.35 bits per heavy atom. The molecule has 0 radical (unpaired) electrons. The van der Waals surface area contributed by atoms with Crippen LogP contribution in [0.1, 0.15) is 16.7 Å². The standard InChI is InChI=1S/C15H14ClNO3/c1-10-3-4-13(7-11(10)2)20-14-5-6-15(17(18)19)12(8-14)9-16/h3-8H,9H2,1-2H3. The van der Waals surface area contributed by atoms with Crippen molar-refractivity contribution in [2.75, 3.05) is 0 Å². The van der Waals surface area contributed by atoms with Crippen LogP contribution in [-0.4, -0.2) is 4.92 Å². The molecule has 0 aliphatic carbocycles. The number of hydrogen-bond acceptors (Lipinski definition) is 3. The molecule has 0 aliphatic heterocycles. The molecule has 2 aromatic carbocycles. The first kappa shape index (κ1) is 14.3. The van der Waals surface area contributed by atoms with Crippen molar-refractivity contribution in [1.29, 1.82) is 0 Å². The Hall–Kier alpha value is -2.07. The minimum atomic E-state index is -0.447. The monoisotopic (exact) mass is 291 g/mol. The Labute approximate surface area is 122 Å². The van der Waals surface area contributed by atoms with E-state index in [0.29, 0.717) is 17.1 Å². The molecule has 104 valence electrons. The molecule has 2 aromatic rings. The third-order valence-corrected chi connectivity index (χ3v) is 3.39. The van der Waals surface area contributed by atoms with Crippen LogP contribution < -0.4 is 4.74 Å². The maximum absolute atomic E-state index is 10.8. The van der Waals surface area contributed by atoms with E-state index in [2.05, 4.69) is 0 Å². The predicted octanol–water partition coefficient (Wildman–Crippen LogP) is 4.74. The molecule has 0 unspecified atom stereocenters. The quantitative estimate of drug-likeness (QED) is 0.464. The number of hydrogen-bond donors (Lipinski definition) is 0. The summed E-state index contributed by atoms with van der Waals surface area (Å²) in [5, 5.41) is 10.8. The van der Waals surface area contributed by atoms with Crippen molar-refractivity contribution >= 4 is 17.3 Å². The van der Waals surface area contributed by atoms with E-state index in [4.69, 9.17) is 16.3 Å². The number of nitrogens with zero attached hydrogens (tertiary/aromatic N) is 1. The Bertz CT molecular complexity index is 656. The highest BCUT2D eigenvalue weighted by Crippen LogP contribution is 2.29. The summed E-state index contributed by atoms with van der Waals surface area (Å²) in [7, 11) is 0. The molecule has 0 aromatic heterocycles. The van der Waals surface area contributed by atoms with Gasteiger partial charge in [0.05, 0.1) is 10.8 Å². The predicted molar refractivity (Wildman–Crippen MR) is 78.6 cm³/mol. The minimum Gasteiger partial charge on any atom is -0.457 e. The van der Waals surface area contributed by atoms with Gasteiger partial charge in [0.2, 0.25) is 0 Å². The van der Waals surface area contributed by atoms with Crippen molar-refractivity contribution in [3.63, 3.8) is 0 Å². The Kier molecular flexibility index (Phi) is 4.25. The number of ether oxygens (including phenoxy) is 1. The third-order valence-electron chi connectivity index (χ3n) is 3.11. The molecule has 0 bridgehead atoms. The average Bonchev–Trinajstić information content (AvgIpc) is 2.42. The van der Waals surface area contributed by atoms with Crippen molar-refractivity contribution in [3.05, 3.63) is 63.2 Å². The summed E-state index contributed by atoms with van der Waals surface area (Å²) in [4.78, 5) is 10.4. The molecule has 0 aliphatic rings. The molecule has 0 saturated heterocycles. The largest absolute Gasteiger partial charge is 0.457 e. The smallest absolute Gasteiger partial charge is 0.274 e. The maximum Gasteiger partial charge on any atom is 0.274 e. The molecular weight excluding hydrogens is 278 g/mol. The van der Waals surface area contributed by atoms with Crippen molar-refractivity contribution in [2.45, 2.75) is 19.7 Å². The highest BCUT2D eigenvalue weighted by molar-refractivity contribution is 6.17. The van der Waals surface area contributed by atoms with Crippen molar-refractivity contribution in [1.82, 2.24) is 0 Å². The van der Waals surface area contributed by atoms with Gasteiger partial charge in [-0.3, -0.25) is 10.1 Å². The number of nitro groups is 1. The molecule has 0 fully saturated rings. The van der Waals surface area contributed by atoms with Gasteiger partial charge >= 0.3 is 0 Å². The zero-order valence-electron chi connectivity index (χ0n) is 11.2. The molecule has 0 amide bonds. The lowest BCUT2D eigenvalue weighted by molar-refractivity contribution is -0.385. The Morgan fingerprint density at radius 2 is 1.75 bits per heavy atom. The van der Waals surface area contributed by atoms with Crippen LogP contribution in [0.25, 0.3) is 0 Å². The fraction of sp³-hybridized carbons (Fsp3) is 0.200. The molecule has 2 rings (SSSR count). The fourth-order valence-electron chi connectivity index (χ4n) is 1.82. The SMILES string of the molecule is Cc1ccc(Oc2ccc([N+](=O)[O-])c(CCl)c2)cc1C. The normalized spacial score (nSPS) is 10.3. The first-order valence-corrected chi connectivity index (χ1v) is 6.63. The van der Waals surface area contributed by atoms with Crippen molar-refractivity contribution in [3.8, 4) is 11.5 Å². The molecular formula is C15H14ClNO3. The second-order valence-corrected chi connectivity index (χ2v) is 4.80. The van der Waals surface area contributed by atoms with Crippen molar-refractivity contribution in [2.24, 2.45) is 0 Å². The number of alkyl halides is 1. The Morgan fingerprint density at radius 1 is 1.10 bits per heavy atom. The molecule has 0 heterocycles. The summed E-state index contributed by atoms with van der Waals surface area (Å²) in [5.74, 6) is 1.30. The summed E-state index contributed by atoms with van der Waals surface area (Å²) >= 11 is 5.74. The second-order valence-electron chi connectivity index (χ2n) is 4.53. The van der Waals surface area contributed by atoms with E-state index in [9.17, 15) is 10.1 Å².